The molecule has 4 rings (SSSR count). The maximum absolute atomic E-state index is 12.6. The Morgan fingerprint density at radius 3 is 2.88 bits per heavy atom. The number of hydrogen-bond donors (Lipinski definition) is 2. The fourth-order valence-corrected chi connectivity index (χ4v) is 5.00. The minimum absolute atomic E-state index is 0.0684. The molecule has 2 aromatic rings. The highest BCUT2D eigenvalue weighted by Gasteiger charge is 2.32. The van der Waals surface area contributed by atoms with Gasteiger partial charge < -0.3 is 10.6 Å². The molecule has 1 aliphatic carbocycles. The number of carbonyl (C=O) groups is 1. The zero-order valence-electron chi connectivity index (χ0n) is 13.8. The summed E-state index contributed by atoms with van der Waals surface area (Å²) in [6, 6.07) is 10.1. The van der Waals surface area contributed by atoms with Crippen LogP contribution in [0.25, 0.3) is 6.08 Å². The van der Waals surface area contributed by atoms with Gasteiger partial charge >= 0.3 is 0 Å². The summed E-state index contributed by atoms with van der Waals surface area (Å²) < 4.78 is 0. The molecule has 0 saturated heterocycles. The van der Waals surface area contributed by atoms with Crippen molar-refractivity contribution in [3.8, 4) is 0 Å². The van der Waals surface area contributed by atoms with E-state index in [4.69, 9.17) is 0 Å². The van der Waals surface area contributed by atoms with E-state index in [-0.39, 0.29) is 12.1 Å². The van der Waals surface area contributed by atoms with Gasteiger partial charge in [0.25, 0.3) is 5.91 Å². The predicted octanol–water partition coefficient (Wildman–Crippen LogP) is 4.46. The maximum Gasteiger partial charge on any atom is 0.256 e. The first-order chi connectivity index (χ1) is 11.7. The third kappa shape index (κ3) is 2.86. The van der Waals surface area contributed by atoms with Crippen LogP contribution in [-0.4, -0.2) is 12.1 Å². The van der Waals surface area contributed by atoms with Crippen LogP contribution in [0, 0.1) is 5.92 Å². The van der Waals surface area contributed by atoms with Crippen LogP contribution in [0.15, 0.2) is 36.4 Å². The largest absolute Gasteiger partial charge is 0.353 e. The van der Waals surface area contributed by atoms with Crippen LogP contribution >= 0.6 is 11.3 Å². The summed E-state index contributed by atoms with van der Waals surface area (Å²) in [7, 11) is 0. The number of benzene rings is 1. The molecule has 24 heavy (non-hydrogen) atoms. The van der Waals surface area contributed by atoms with Crippen molar-refractivity contribution < 1.29 is 4.79 Å². The Balaban J connectivity index is 1.56. The van der Waals surface area contributed by atoms with Crippen molar-refractivity contribution in [1.82, 2.24) is 5.32 Å². The zero-order chi connectivity index (χ0) is 16.5. The maximum atomic E-state index is 12.6. The Morgan fingerprint density at radius 2 is 2.08 bits per heavy atom. The van der Waals surface area contributed by atoms with Gasteiger partial charge in [-0.3, -0.25) is 4.79 Å². The summed E-state index contributed by atoms with van der Waals surface area (Å²) in [6.07, 6.45) is 8.52. The number of thiophene rings is 1. The Hall–Kier alpha value is -2.07. The number of amides is 1. The number of rotatable bonds is 3. The highest BCUT2D eigenvalue weighted by molar-refractivity contribution is 7.16. The first kappa shape index (κ1) is 15.5. The lowest BCUT2D eigenvalue weighted by Crippen LogP contribution is -2.43. The lowest BCUT2D eigenvalue weighted by Gasteiger charge is -2.25. The molecule has 0 unspecified atom stereocenters. The SMILES string of the molecule is CC[C@@H]1CCc2c(sc3c2C(=O)N[C@@H](/C=C/c2ccccc2)N3)C1. The van der Waals surface area contributed by atoms with Crippen LogP contribution in [-0.2, 0) is 12.8 Å². The number of carbonyl (C=O) groups excluding carboxylic acids is 1. The van der Waals surface area contributed by atoms with Crippen molar-refractivity contribution in [2.75, 3.05) is 5.32 Å². The van der Waals surface area contributed by atoms with Crippen molar-refractivity contribution in [2.24, 2.45) is 5.92 Å². The molecule has 0 spiro atoms. The normalized spacial score (nSPS) is 22.6. The molecule has 2 heterocycles. The van der Waals surface area contributed by atoms with Crippen LogP contribution in [0.2, 0.25) is 0 Å². The number of fused-ring (bicyclic) bond motifs is 3. The van der Waals surface area contributed by atoms with Gasteiger partial charge in [-0.2, -0.15) is 0 Å². The lowest BCUT2D eigenvalue weighted by atomic mass is 9.85. The fraction of sp³-hybridized carbons (Fsp3) is 0.350. The second-order valence-corrected chi connectivity index (χ2v) is 7.70. The molecule has 0 fully saturated rings. The van der Waals surface area contributed by atoms with Gasteiger partial charge in [-0.05, 0) is 42.4 Å². The highest BCUT2D eigenvalue weighted by atomic mass is 32.1. The Kier molecular flexibility index (Phi) is 4.15. The van der Waals surface area contributed by atoms with E-state index in [1.165, 1.54) is 23.3 Å². The summed E-state index contributed by atoms with van der Waals surface area (Å²) in [5.41, 5.74) is 3.32. The molecule has 0 radical (unpaired) electrons. The average molecular weight is 338 g/mol. The first-order valence-electron chi connectivity index (χ1n) is 8.69. The van der Waals surface area contributed by atoms with Crippen LogP contribution in [0.4, 0.5) is 5.00 Å². The fourth-order valence-electron chi connectivity index (χ4n) is 3.60. The second kappa shape index (κ2) is 6.44. The van der Waals surface area contributed by atoms with Crippen molar-refractivity contribution in [1.29, 1.82) is 0 Å². The molecule has 3 nitrogen and oxygen atoms in total. The van der Waals surface area contributed by atoms with Gasteiger partial charge in [0, 0.05) is 4.88 Å². The van der Waals surface area contributed by atoms with Crippen molar-refractivity contribution in [3.05, 3.63) is 58.0 Å². The van der Waals surface area contributed by atoms with Crippen LogP contribution in [0.3, 0.4) is 0 Å². The quantitative estimate of drug-likeness (QED) is 0.867. The van der Waals surface area contributed by atoms with E-state index in [0.29, 0.717) is 0 Å². The van der Waals surface area contributed by atoms with Crippen molar-refractivity contribution in [2.45, 2.75) is 38.8 Å². The molecule has 2 aliphatic rings. The Labute approximate surface area is 146 Å². The van der Waals surface area contributed by atoms with E-state index in [9.17, 15) is 4.79 Å². The summed E-state index contributed by atoms with van der Waals surface area (Å²) in [6.45, 7) is 2.26. The molecule has 1 amide bonds. The van der Waals surface area contributed by atoms with Gasteiger partial charge in [0.05, 0.1) is 5.56 Å². The lowest BCUT2D eigenvalue weighted by molar-refractivity contribution is 0.0942. The van der Waals surface area contributed by atoms with Gasteiger partial charge in [-0.1, -0.05) is 49.8 Å². The molecule has 1 aromatic carbocycles. The molecule has 0 bridgehead atoms. The third-order valence-electron chi connectivity index (χ3n) is 5.03. The molecule has 2 N–H and O–H groups in total. The monoisotopic (exact) mass is 338 g/mol. The van der Waals surface area contributed by atoms with Crippen molar-refractivity contribution in [3.63, 3.8) is 0 Å². The Bertz CT molecular complexity index is 778. The molecule has 2 atom stereocenters. The van der Waals surface area contributed by atoms with Crippen LogP contribution in [0.5, 0.6) is 0 Å². The minimum atomic E-state index is -0.146. The van der Waals surface area contributed by atoms with Gasteiger partial charge in [-0.15, -0.1) is 11.3 Å². The van der Waals surface area contributed by atoms with E-state index in [1.807, 2.05) is 30.4 Å². The van der Waals surface area contributed by atoms with E-state index >= 15 is 0 Å². The highest BCUT2D eigenvalue weighted by Crippen LogP contribution is 2.41. The van der Waals surface area contributed by atoms with Gasteiger partial charge in [0.2, 0.25) is 0 Å². The Morgan fingerprint density at radius 1 is 1.25 bits per heavy atom. The zero-order valence-corrected chi connectivity index (χ0v) is 14.7. The standard InChI is InChI=1S/C20H22N2OS/c1-2-13-8-10-15-16(12-13)24-20-18(15)19(23)21-17(22-20)11-9-14-6-4-3-5-7-14/h3-7,9,11,13,17,22H,2,8,10,12H2,1H3,(H,21,23)/b11-9+/t13-,17-/m1/s1. The van der Waals surface area contributed by atoms with E-state index in [0.717, 1.165) is 34.9 Å². The molecule has 0 saturated carbocycles. The number of anilines is 1. The average Bonchev–Trinajstić information content (AvgIpc) is 2.98. The summed E-state index contributed by atoms with van der Waals surface area (Å²) in [5.74, 6) is 0.841. The third-order valence-corrected chi connectivity index (χ3v) is 6.21. The molecule has 4 heteroatoms. The molecule has 124 valence electrons. The second-order valence-electron chi connectivity index (χ2n) is 6.59. The smallest absolute Gasteiger partial charge is 0.256 e. The summed E-state index contributed by atoms with van der Waals surface area (Å²) in [5, 5.41) is 7.61. The summed E-state index contributed by atoms with van der Waals surface area (Å²) in [4.78, 5) is 14.0. The molecular weight excluding hydrogens is 316 g/mol. The molecule has 1 aromatic heterocycles. The topological polar surface area (TPSA) is 41.1 Å². The predicted molar refractivity (Wildman–Crippen MR) is 100 cm³/mol. The molecular formula is C20H22N2OS. The minimum Gasteiger partial charge on any atom is -0.353 e. The van der Waals surface area contributed by atoms with Gasteiger partial charge in [-0.25, -0.2) is 0 Å². The number of nitrogens with one attached hydrogen (secondary N) is 2. The van der Waals surface area contributed by atoms with Gasteiger partial charge in [0.1, 0.15) is 11.2 Å². The van der Waals surface area contributed by atoms with Gasteiger partial charge in [0.15, 0.2) is 0 Å². The summed E-state index contributed by atoms with van der Waals surface area (Å²) >= 11 is 1.78. The van der Waals surface area contributed by atoms with E-state index in [1.54, 1.807) is 11.3 Å². The number of hydrogen-bond acceptors (Lipinski definition) is 3. The van der Waals surface area contributed by atoms with Crippen LogP contribution < -0.4 is 10.6 Å². The van der Waals surface area contributed by atoms with Crippen molar-refractivity contribution >= 4 is 28.3 Å². The first-order valence-corrected chi connectivity index (χ1v) is 9.51. The van der Waals surface area contributed by atoms with E-state index < -0.39 is 0 Å². The van der Waals surface area contributed by atoms with E-state index in [2.05, 4.69) is 29.7 Å². The molecule has 1 aliphatic heterocycles. The van der Waals surface area contributed by atoms with Crippen LogP contribution in [0.1, 0.15) is 46.1 Å².